The summed E-state index contributed by atoms with van der Waals surface area (Å²) in [4.78, 5) is 0. The van der Waals surface area contributed by atoms with E-state index < -0.39 is 16.4 Å². The normalized spacial score (nSPS) is 13.1. The fourth-order valence-electron chi connectivity index (χ4n) is 4.04. The van der Waals surface area contributed by atoms with Gasteiger partial charge in [-0.15, -0.1) is 75.1 Å². The molecule has 0 aliphatic heterocycles. The zero-order valence-electron chi connectivity index (χ0n) is 18.2. The third-order valence-corrected chi connectivity index (χ3v) is 11.1. The number of hydrogen-bond donors (Lipinski definition) is 0. The predicted molar refractivity (Wildman–Crippen MR) is 124 cm³/mol. The van der Waals surface area contributed by atoms with Crippen molar-refractivity contribution in [3.05, 3.63) is 66.7 Å². The molecule has 0 radical (unpaired) electrons. The van der Waals surface area contributed by atoms with E-state index >= 15 is 0 Å². The zero-order chi connectivity index (χ0) is 19.2. The quantitative estimate of drug-likeness (QED) is 0.249. The Morgan fingerprint density at radius 1 is 0.833 bits per heavy atom. The number of halogens is 2. The van der Waals surface area contributed by atoms with Crippen molar-refractivity contribution < 1.29 is 55.4 Å². The Hall–Kier alpha value is -0.643. The van der Waals surface area contributed by atoms with Gasteiger partial charge in [0.25, 0.3) is 0 Å². The molecule has 0 aliphatic carbocycles. The van der Waals surface area contributed by atoms with Crippen LogP contribution in [0.1, 0.15) is 6.92 Å². The Bertz CT molecular complexity index is 1080. The Labute approximate surface area is 214 Å². The molecule has 4 rings (SSSR count). The molecule has 6 heteroatoms. The van der Waals surface area contributed by atoms with Crippen molar-refractivity contribution in [3.8, 4) is 5.75 Å². The minimum absolute atomic E-state index is 0. The third kappa shape index (κ3) is 5.05. The molecule has 1 nitrogen and oxygen atoms in total. The average molecular weight is 551 g/mol. The molecule has 0 bridgehead atoms. The first-order chi connectivity index (χ1) is 12.8. The monoisotopic (exact) mass is 548 g/mol. The van der Waals surface area contributed by atoms with E-state index in [1.54, 1.807) is 0 Å². The van der Waals surface area contributed by atoms with Gasteiger partial charge in [0, 0.05) is 0 Å². The van der Waals surface area contributed by atoms with Crippen LogP contribution in [0.2, 0.25) is 32.2 Å². The van der Waals surface area contributed by atoms with Gasteiger partial charge in [0.2, 0.25) is 8.32 Å². The summed E-state index contributed by atoms with van der Waals surface area (Å²) in [5.74, 6) is 1.16. The number of hydrogen-bond acceptors (Lipinski definition) is 1. The molecule has 0 heterocycles. The van der Waals surface area contributed by atoms with Gasteiger partial charge in [0.15, 0.2) is 0 Å². The van der Waals surface area contributed by atoms with Crippen LogP contribution >= 0.6 is 0 Å². The Morgan fingerprint density at radius 3 is 2.03 bits per heavy atom. The Morgan fingerprint density at radius 2 is 1.43 bits per heavy atom. The predicted octanol–water partition coefficient (Wildman–Crippen LogP) is -0.137. The Kier molecular flexibility index (Phi) is 9.42. The minimum atomic E-state index is -1.89. The summed E-state index contributed by atoms with van der Waals surface area (Å²) < 4.78 is 6.70. The van der Waals surface area contributed by atoms with E-state index in [1.807, 2.05) is 0 Å². The SMILES string of the molecule is CC[Si](C)(c1cc2ccccc2[cH-]1)c1[cH-]c2ccccc2c1O[Si](C)(C)C.[Cl-].[Cl-].[Zr+4]. The summed E-state index contributed by atoms with van der Waals surface area (Å²) in [6.07, 6.45) is 0. The standard InChI is InChI=1S/C24H28OSi2.2ClH.Zr/c1-6-27(5,21-15-18-11-7-8-12-19(18)16-21)23-17-20-13-9-10-14-22(20)24(23)25-26(2,3)4;;;/h7-17H,6H2,1-5H3;2*1H;/q-2;;;+4/p-2. The Balaban J connectivity index is 0.00000150. The second kappa shape index (κ2) is 10.3. The molecule has 0 saturated carbocycles. The van der Waals surface area contributed by atoms with E-state index in [0.717, 1.165) is 5.75 Å². The van der Waals surface area contributed by atoms with Crippen molar-refractivity contribution in [3.63, 3.8) is 0 Å². The molecule has 1 atom stereocenters. The molecule has 0 amide bonds. The minimum Gasteiger partial charge on any atom is -1.00 e. The molecule has 30 heavy (non-hydrogen) atoms. The first-order valence-corrected chi connectivity index (χ1v) is 16.0. The summed E-state index contributed by atoms with van der Waals surface area (Å²) in [6, 6.07) is 25.8. The van der Waals surface area contributed by atoms with Crippen molar-refractivity contribution >= 4 is 48.3 Å². The topological polar surface area (TPSA) is 9.23 Å². The van der Waals surface area contributed by atoms with E-state index in [0.29, 0.717) is 0 Å². The maximum Gasteiger partial charge on any atom is 4.00 e. The van der Waals surface area contributed by atoms with Crippen molar-refractivity contribution in [2.24, 2.45) is 0 Å². The van der Waals surface area contributed by atoms with Crippen LogP contribution in [0, 0.1) is 0 Å². The fourth-order valence-corrected chi connectivity index (χ4v) is 8.18. The van der Waals surface area contributed by atoms with Gasteiger partial charge in [0.1, 0.15) is 0 Å². The van der Waals surface area contributed by atoms with Crippen LogP contribution < -0.4 is 39.6 Å². The van der Waals surface area contributed by atoms with Gasteiger partial charge in [-0.05, 0) is 25.4 Å². The largest absolute Gasteiger partial charge is 4.00 e. The third-order valence-electron chi connectivity index (χ3n) is 5.71. The van der Waals surface area contributed by atoms with Gasteiger partial charge in [-0.1, -0.05) is 31.6 Å². The maximum atomic E-state index is 6.70. The van der Waals surface area contributed by atoms with Crippen LogP contribution in [-0.2, 0) is 26.2 Å². The molecule has 4 aromatic carbocycles. The molecule has 0 fully saturated rings. The fraction of sp³-hybridized carbons (Fsp3) is 0.250. The second-order valence-corrected chi connectivity index (χ2v) is 17.7. The average Bonchev–Trinajstić information content (AvgIpc) is 3.22. The van der Waals surface area contributed by atoms with Gasteiger partial charge >= 0.3 is 26.2 Å². The van der Waals surface area contributed by atoms with E-state index in [9.17, 15) is 0 Å². The van der Waals surface area contributed by atoms with E-state index in [2.05, 4.69) is 99.8 Å². The molecule has 156 valence electrons. The van der Waals surface area contributed by atoms with Gasteiger partial charge in [0.05, 0.1) is 8.07 Å². The number of benzene rings is 2. The molecular weight excluding hydrogens is 523 g/mol. The molecule has 0 saturated heterocycles. The van der Waals surface area contributed by atoms with Crippen LogP contribution in [0.3, 0.4) is 0 Å². The van der Waals surface area contributed by atoms with Crippen LogP contribution in [0.4, 0.5) is 0 Å². The van der Waals surface area contributed by atoms with Crippen molar-refractivity contribution in [1.29, 1.82) is 0 Å². The van der Waals surface area contributed by atoms with Gasteiger partial charge in [-0.2, -0.15) is 11.5 Å². The molecular formula is C24H28Cl2OSi2Zr. The van der Waals surface area contributed by atoms with Crippen LogP contribution in [0.15, 0.2) is 66.7 Å². The van der Waals surface area contributed by atoms with E-state index in [-0.39, 0.29) is 51.0 Å². The smallest absolute Gasteiger partial charge is 1.00 e. The molecule has 4 aromatic rings. The van der Waals surface area contributed by atoms with E-state index in [1.165, 1.54) is 38.0 Å². The first-order valence-electron chi connectivity index (χ1n) is 9.86. The van der Waals surface area contributed by atoms with Gasteiger partial charge in [-0.3, -0.25) is 0 Å². The van der Waals surface area contributed by atoms with Crippen LogP contribution in [-0.4, -0.2) is 16.4 Å². The summed E-state index contributed by atoms with van der Waals surface area (Å²) in [7, 11) is -3.60. The second-order valence-electron chi connectivity index (χ2n) is 8.75. The molecule has 1 unspecified atom stereocenters. The first kappa shape index (κ1) is 27.4. The molecule has 0 N–H and O–H groups in total. The summed E-state index contributed by atoms with van der Waals surface area (Å²) >= 11 is 0. The van der Waals surface area contributed by atoms with Gasteiger partial charge < -0.3 is 29.2 Å². The van der Waals surface area contributed by atoms with Crippen molar-refractivity contribution in [2.75, 3.05) is 0 Å². The summed E-state index contributed by atoms with van der Waals surface area (Å²) in [6.45, 7) is 11.7. The summed E-state index contributed by atoms with van der Waals surface area (Å²) in [5, 5.41) is 8.26. The molecule has 0 aliphatic rings. The van der Waals surface area contributed by atoms with E-state index in [4.69, 9.17) is 4.43 Å². The van der Waals surface area contributed by atoms with Crippen molar-refractivity contribution in [2.45, 2.75) is 39.2 Å². The molecule has 0 aromatic heterocycles. The zero-order valence-corrected chi connectivity index (χ0v) is 24.2. The number of rotatable bonds is 5. The van der Waals surface area contributed by atoms with Crippen LogP contribution in [0.25, 0.3) is 21.5 Å². The van der Waals surface area contributed by atoms with Crippen LogP contribution in [0.5, 0.6) is 5.75 Å². The summed E-state index contributed by atoms with van der Waals surface area (Å²) in [5.41, 5.74) is 0. The maximum absolute atomic E-state index is 6.70. The van der Waals surface area contributed by atoms with Gasteiger partial charge in [-0.25, -0.2) is 0 Å². The van der Waals surface area contributed by atoms with Crippen molar-refractivity contribution in [1.82, 2.24) is 0 Å². The molecule has 0 spiro atoms. The number of fused-ring (bicyclic) bond motifs is 2.